The molecule has 37 heavy (non-hydrogen) atoms. The molecule has 2 atom stereocenters. The third kappa shape index (κ3) is 6.00. The molecule has 7 nitrogen and oxygen atoms in total. The zero-order chi connectivity index (χ0) is 26.6. The van der Waals surface area contributed by atoms with Crippen LogP contribution in [0.1, 0.15) is 68.2 Å². The maximum Gasteiger partial charge on any atom is 0.411 e. The van der Waals surface area contributed by atoms with Crippen LogP contribution in [0.15, 0.2) is 72.8 Å². The van der Waals surface area contributed by atoms with E-state index in [0.29, 0.717) is 31.7 Å². The second-order valence-electron chi connectivity index (χ2n) is 10.1. The Hall–Kier alpha value is -3.71. The summed E-state index contributed by atoms with van der Waals surface area (Å²) in [6.45, 7) is 7.99. The minimum atomic E-state index is -1.00. The molecule has 4 rings (SSSR count). The van der Waals surface area contributed by atoms with Crippen molar-refractivity contribution in [2.24, 2.45) is 0 Å². The number of ether oxygens (including phenoxy) is 2. The summed E-state index contributed by atoms with van der Waals surface area (Å²) in [5.41, 5.74) is 1.75. The number of amides is 1. The first-order valence-electron chi connectivity index (χ1n) is 12.6. The standard InChI is InChI=1S/C30H34N2O5/c1-5-36-27(33)26-13-9-12-25(31-26)23-16-14-22(15-17-23)21(2)32-19-18-30(37-28(32)34,20-29(3,4)35)24-10-7-6-8-11-24/h6-17,21,35H,5,18-20H2,1-4H3/t21-,30-/m0/s1. The van der Waals surface area contributed by atoms with Gasteiger partial charge in [-0.05, 0) is 51.0 Å². The van der Waals surface area contributed by atoms with E-state index in [1.807, 2.05) is 67.6 Å². The van der Waals surface area contributed by atoms with Crippen LogP contribution in [-0.4, -0.2) is 45.8 Å². The SMILES string of the molecule is CCOC(=O)c1cccc(-c2ccc([C@H](C)N3CC[C@](CC(C)(C)O)(c4ccccc4)OC3=O)cc2)n1. The summed E-state index contributed by atoms with van der Waals surface area (Å²) >= 11 is 0. The molecule has 0 bridgehead atoms. The van der Waals surface area contributed by atoms with Crippen LogP contribution in [0.25, 0.3) is 11.3 Å². The highest BCUT2D eigenvalue weighted by molar-refractivity contribution is 5.88. The van der Waals surface area contributed by atoms with Crippen LogP contribution in [0, 0.1) is 0 Å². The lowest BCUT2D eigenvalue weighted by Crippen LogP contribution is -2.51. The molecular formula is C30H34N2O5. The number of esters is 1. The van der Waals surface area contributed by atoms with E-state index in [0.717, 1.165) is 16.7 Å². The molecule has 194 valence electrons. The van der Waals surface area contributed by atoms with Gasteiger partial charge in [-0.15, -0.1) is 0 Å². The number of benzene rings is 2. The fourth-order valence-corrected chi connectivity index (χ4v) is 4.92. The van der Waals surface area contributed by atoms with Gasteiger partial charge in [0.05, 0.1) is 23.9 Å². The molecule has 1 saturated heterocycles. The molecule has 7 heteroatoms. The van der Waals surface area contributed by atoms with Crippen molar-refractivity contribution in [2.45, 2.75) is 57.8 Å². The van der Waals surface area contributed by atoms with E-state index in [2.05, 4.69) is 4.98 Å². The van der Waals surface area contributed by atoms with Gasteiger partial charge in [0.15, 0.2) is 0 Å². The van der Waals surface area contributed by atoms with E-state index >= 15 is 0 Å². The van der Waals surface area contributed by atoms with Crippen molar-refractivity contribution in [2.75, 3.05) is 13.2 Å². The van der Waals surface area contributed by atoms with Crippen molar-refractivity contribution in [3.05, 3.63) is 89.6 Å². The second kappa shape index (κ2) is 10.7. The molecule has 1 amide bonds. The van der Waals surface area contributed by atoms with Gasteiger partial charge >= 0.3 is 12.1 Å². The third-order valence-electron chi connectivity index (χ3n) is 6.68. The van der Waals surface area contributed by atoms with Gasteiger partial charge in [-0.1, -0.05) is 60.7 Å². The minimum Gasteiger partial charge on any atom is -0.461 e. The zero-order valence-corrected chi connectivity index (χ0v) is 21.8. The summed E-state index contributed by atoms with van der Waals surface area (Å²) in [5, 5.41) is 10.6. The molecule has 3 aromatic rings. The topological polar surface area (TPSA) is 89.0 Å². The van der Waals surface area contributed by atoms with Gasteiger partial charge in [0.25, 0.3) is 0 Å². The number of nitrogens with zero attached hydrogens (tertiary/aromatic N) is 2. The van der Waals surface area contributed by atoms with Crippen LogP contribution in [0.4, 0.5) is 4.79 Å². The smallest absolute Gasteiger partial charge is 0.411 e. The molecular weight excluding hydrogens is 468 g/mol. The number of aliphatic hydroxyl groups is 1. The van der Waals surface area contributed by atoms with E-state index in [9.17, 15) is 14.7 Å². The predicted octanol–water partition coefficient (Wildman–Crippen LogP) is 5.89. The first kappa shape index (κ1) is 26.4. The largest absolute Gasteiger partial charge is 0.461 e. The summed E-state index contributed by atoms with van der Waals surface area (Å²) in [5.74, 6) is -0.450. The Bertz CT molecular complexity index is 1240. The number of pyridine rings is 1. The molecule has 1 aliphatic rings. The minimum absolute atomic E-state index is 0.212. The molecule has 1 aromatic heterocycles. The molecule has 1 fully saturated rings. The molecule has 0 radical (unpaired) electrons. The Kier molecular flexibility index (Phi) is 7.64. The maximum absolute atomic E-state index is 13.3. The number of aromatic nitrogens is 1. The Balaban J connectivity index is 1.51. The van der Waals surface area contributed by atoms with Crippen molar-refractivity contribution >= 4 is 12.1 Å². The second-order valence-corrected chi connectivity index (χ2v) is 10.1. The highest BCUT2D eigenvalue weighted by atomic mass is 16.6. The molecule has 0 unspecified atom stereocenters. The van der Waals surface area contributed by atoms with Gasteiger partial charge in [0.2, 0.25) is 0 Å². The number of carbonyl (C=O) groups is 2. The number of cyclic esters (lactones) is 1. The predicted molar refractivity (Wildman–Crippen MR) is 141 cm³/mol. The number of hydrogen-bond acceptors (Lipinski definition) is 6. The Morgan fingerprint density at radius 1 is 1.11 bits per heavy atom. The van der Waals surface area contributed by atoms with Crippen LogP contribution in [-0.2, 0) is 15.1 Å². The van der Waals surface area contributed by atoms with Gasteiger partial charge in [-0.2, -0.15) is 0 Å². The highest BCUT2D eigenvalue weighted by Gasteiger charge is 2.46. The van der Waals surface area contributed by atoms with Gasteiger partial charge < -0.3 is 19.5 Å². The summed E-state index contributed by atoms with van der Waals surface area (Å²) in [6, 6.07) is 22.5. The first-order chi connectivity index (χ1) is 17.6. The lowest BCUT2D eigenvalue weighted by Gasteiger charge is -2.45. The summed E-state index contributed by atoms with van der Waals surface area (Å²) in [6.07, 6.45) is 0.476. The fraction of sp³-hybridized carbons (Fsp3) is 0.367. The van der Waals surface area contributed by atoms with Crippen molar-refractivity contribution in [3.63, 3.8) is 0 Å². The normalized spacial score (nSPS) is 18.7. The molecule has 0 aliphatic carbocycles. The molecule has 0 saturated carbocycles. The van der Waals surface area contributed by atoms with Crippen molar-refractivity contribution in [1.82, 2.24) is 9.88 Å². The van der Waals surface area contributed by atoms with Gasteiger partial charge in [0.1, 0.15) is 11.3 Å². The molecule has 2 heterocycles. The van der Waals surface area contributed by atoms with Crippen LogP contribution in [0.2, 0.25) is 0 Å². The van der Waals surface area contributed by atoms with E-state index in [-0.39, 0.29) is 11.7 Å². The molecule has 0 spiro atoms. The molecule has 2 aromatic carbocycles. The van der Waals surface area contributed by atoms with Crippen LogP contribution in [0.3, 0.4) is 0 Å². The monoisotopic (exact) mass is 502 g/mol. The average Bonchev–Trinajstić information content (AvgIpc) is 2.88. The van der Waals surface area contributed by atoms with Gasteiger partial charge in [0, 0.05) is 24.9 Å². The quantitative estimate of drug-likeness (QED) is 0.387. The van der Waals surface area contributed by atoms with Gasteiger partial charge in [-0.25, -0.2) is 14.6 Å². The number of carbonyl (C=O) groups excluding carboxylic acids is 2. The lowest BCUT2D eigenvalue weighted by atomic mass is 9.80. The average molecular weight is 503 g/mol. The highest BCUT2D eigenvalue weighted by Crippen LogP contribution is 2.42. The van der Waals surface area contributed by atoms with E-state index in [1.165, 1.54) is 0 Å². The molecule has 1 aliphatic heterocycles. The van der Waals surface area contributed by atoms with E-state index in [1.54, 1.807) is 37.8 Å². The summed E-state index contributed by atoms with van der Waals surface area (Å²) < 4.78 is 11.2. The number of rotatable bonds is 8. The summed E-state index contributed by atoms with van der Waals surface area (Å²) in [4.78, 5) is 31.5. The van der Waals surface area contributed by atoms with E-state index < -0.39 is 23.3 Å². The van der Waals surface area contributed by atoms with Crippen molar-refractivity contribution in [1.29, 1.82) is 0 Å². The van der Waals surface area contributed by atoms with Gasteiger partial charge in [-0.3, -0.25) is 0 Å². The maximum atomic E-state index is 13.3. The van der Waals surface area contributed by atoms with E-state index in [4.69, 9.17) is 9.47 Å². The van der Waals surface area contributed by atoms with Crippen molar-refractivity contribution < 1.29 is 24.2 Å². The zero-order valence-electron chi connectivity index (χ0n) is 21.8. The fourth-order valence-electron chi connectivity index (χ4n) is 4.92. The Morgan fingerprint density at radius 3 is 2.43 bits per heavy atom. The lowest BCUT2D eigenvalue weighted by molar-refractivity contribution is -0.101. The Morgan fingerprint density at radius 2 is 1.81 bits per heavy atom. The van der Waals surface area contributed by atoms with Crippen LogP contribution in [0.5, 0.6) is 0 Å². The number of hydrogen-bond donors (Lipinski definition) is 1. The Labute approximate surface area is 218 Å². The van der Waals surface area contributed by atoms with Crippen LogP contribution < -0.4 is 0 Å². The third-order valence-corrected chi connectivity index (χ3v) is 6.68. The van der Waals surface area contributed by atoms with Crippen LogP contribution >= 0.6 is 0 Å². The van der Waals surface area contributed by atoms with Crippen molar-refractivity contribution in [3.8, 4) is 11.3 Å². The molecule has 1 N–H and O–H groups in total. The first-order valence-corrected chi connectivity index (χ1v) is 12.6. The summed E-state index contributed by atoms with van der Waals surface area (Å²) in [7, 11) is 0.